The van der Waals surface area contributed by atoms with Crippen LogP contribution in [0.15, 0.2) is 35.0 Å². The SMILES string of the molecule is COc1ccc(CNc2nncc(Nc3cc(C)on3)n2)cc1OC. The summed E-state index contributed by atoms with van der Waals surface area (Å²) in [5.41, 5.74) is 0.992. The Bertz CT molecular complexity index is 851. The van der Waals surface area contributed by atoms with E-state index in [-0.39, 0.29) is 0 Å². The molecule has 130 valence electrons. The van der Waals surface area contributed by atoms with Crippen LogP contribution < -0.4 is 20.1 Å². The molecule has 2 heterocycles. The van der Waals surface area contributed by atoms with Crippen molar-refractivity contribution in [2.45, 2.75) is 13.5 Å². The molecule has 0 amide bonds. The zero-order valence-electron chi connectivity index (χ0n) is 14.1. The minimum atomic E-state index is 0.389. The van der Waals surface area contributed by atoms with Gasteiger partial charge in [0.05, 0.1) is 20.4 Å². The lowest BCUT2D eigenvalue weighted by atomic mass is 10.2. The van der Waals surface area contributed by atoms with Gasteiger partial charge in [-0.1, -0.05) is 11.2 Å². The van der Waals surface area contributed by atoms with Gasteiger partial charge in [0.25, 0.3) is 0 Å². The maximum Gasteiger partial charge on any atom is 0.244 e. The molecule has 1 aromatic carbocycles. The summed E-state index contributed by atoms with van der Waals surface area (Å²) in [5.74, 6) is 3.51. The zero-order chi connectivity index (χ0) is 17.6. The van der Waals surface area contributed by atoms with Crippen LogP contribution in [0.2, 0.25) is 0 Å². The highest BCUT2D eigenvalue weighted by molar-refractivity contribution is 5.51. The average Bonchev–Trinajstić information content (AvgIpc) is 3.04. The Balaban J connectivity index is 1.66. The Kier molecular flexibility index (Phi) is 4.93. The van der Waals surface area contributed by atoms with Gasteiger partial charge >= 0.3 is 0 Å². The second-order valence-electron chi connectivity index (χ2n) is 5.16. The summed E-state index contributed by atoms with van der Waals surface area (Å²) in [6.45, 7) is 2.32. The van der Waals surface area contributed by atoms with Crippen LogP contribution >= 0.6 is 0 Å². The molecule has 9 heteroatoms. The van der Waals surface area contributed by atoms with Gasteiger partial charge in [-0.3, -0.25) is 0 Å². The minimum absolute atomic E-state index is 0.389. The normalized spacial score (nSPS) is 10.4. The second-order valence-corrected chi connectivity index (χ2v) is 5.16. The Labute approximate surface area is 144 Å². The van der Waals surface area contributed by atoms with Crippen molar-refractivity contribution in [2.24, 2.45) is 0 Å². The van der Waals surface area contributed by atoms with Crippen molar-refractivity contribution in [1.82, 2.24) is 20.3 Å². The number of benzene rings is 1. The summed E-state index contributed by atoms with van der Waals surface area (Å²) in [4.78, 5) is 4.34. The molecule has 0 saturated heterocycles. The van der Waals surface area contributed by atoms with Gasteiger partial charge in [-0.15, -0.1) is 5.10 Å². The highest BCUT2D eigenvalue weighted by atomic mass is 16.5. The molecular formula is C16H18N6O3. The molecular weight excluding hydrogens is 324 g/mol. The molecule has 0 spiro atoms. The number of hydrogen-bond donors (Lipinski definition) is 2. The van der Waals surface area contributed by atoms with Gasteiger partial charge in [-0.2, -0.15) is 10.1 Å². The lowest BCUT2D eigenvalue weighted by Crippen LogP contribution is -2.06. The van der Waals surface area contributed by atoms with E-state index in [4.69, 9.17) is 14.0 Å². The van der Waals surface area contributed by atoms with Crippen molar-refractivity contribution in [1.29, 1.82) is 0 Å². The van der Waals surface area contributed by atoms with Crippen LogP contribution in [0, 0.1) is 6.92 Å². The summed E-state index contributed by atoms with van der Waals surface area (Å²) < 4.78 is 15.5. The zero-order valence-corrected chi connectivity index (χ0v) is 14.1. The first-order valence-corrected chi connectivity index (χ1v) is 7.53. The van der Waals surface area contributed by atoms with Crippen molar-refractivity contribution in [3.63, 3.8) is 0 Å². The van der Waals surface area contributed by atoms with Gasteiger partial charge in [-0.25, -0.2) is 0 Å². The van der Waals surface area contributed by atoms with Gasteiger partial charge in [0, 0.05) is 12.6 Å². The van der Waals surface area contributed by atoms with Gasteiger partial charge in [0.1, 0.15) is 5.76 Å². The largest absolute Gasteiger partial charge is 0.493 e. The van der Waals surface area contributed by atoms with Crippen molar-refractivity contribution >= 4 is 17.6 Å². The lowest BCUT2D eigenvalue weighted by molar-refractivity contribution is 0.354. The molecule has 25 heavy (non-hydrogen) atoms. The number of methoxy groups -OCH3 is 2. The van der Waals surface area contributed by atoms with Crippen molar-refractivity contribution in [2.75, 3.05) is 24.9 Å². The smallest absolute Gasteiger partial charge is 0.244 e. The van der Waals surface area contributed by atoms with E-state index >= 15 is 0 Å². The number of ether oxygens (including phenoxy) is 2. The highest BCUT2D eigenvalue weighted by Gasteiger charge is 2.07. The van der Waals surface area contributed by atoms with E-state index in [1.165, 1.54) is 6.20 Å². The van der Waals surface area contributed by atoms with E-state index in [0.717, 1.165) is 5.56 Å². The Morgan fingerprint density at radius 1 is 1.08 bits per heavy atom. The van der Waals surface area contributed by atoms with Crippen LogP contribution in [0.25, 0.3) is 0 Å². The first-order chi connectivity index (χ1) is 12.2. The van der Waals surface area contributed by atoms with Gasteiger partial charge in [-0.05, 0) is 24.6 Å². The molecule has 0 bridgehead atoms. The molecule has 2 N–H and O–H groups in total. The van der Waals surface area contributed by atoms with Crippen molar-refractivity contribution in [3.05, 3.63) is 41.8 Å². The quantitative estimate of drug-likeness (QED) is 0.669. The average molecular weight is 342 g/mol. The number of nitrogens with one attached hydrogen (secondary N) is 2. The molecule has 0 aliphatic heterocycles. The van der Waals surface area contributed by atoms with E-state index in [9.17, 15) is 0 Å². The van der Waals surface area contributed by atoms with Crippen LogP contribution in [0.5, 0.6) is 11.5 Å². The first-order valence-electron chi connectivity index (χ1n) is 7.53. The predicted molar refractivity (Wildman–Crippen MR) is 91.2 cm³/mol. The summed E-state index contributed by atoms with van der Waals surface area (Å²) in [6.07, 6.45) is 1.51. The van der Waals surface area contributed by atoms with E-state index in [1.807, 2.05) is 25.1 Å². The fraction of sp³-hybridized carbons (Fsp3) is 0.250. The molecule has 0 fully saturated rings. The molecule has 3 aromatic rings. The van der Waals surface area contributed by atoms with E-state index in [1.54, 1.807) is 20.3 Å². The third-order valence-corrected chi connectivity index (χ3v) is 3.34. The van der Waals surface area contributed by atoms with Gasteiger partial charge < -0.3 is 24.6 Å². The fourth-order valence-electron chi connectivity index (χ4n) is 2.17. The Morgan fingerprint density at radius 3 is 2.64 bits per heavy atom. The summed E-state index contributed by atoms with van der Waals surface area (Å²) >= 11 is 0. The maximum absolute atomic E-state index is 5.29. The van der Waals surface area contributed by atoms with Crippen LogP contribution in [-0.2, 0) is 6.54 Å². The molecule has 0 unspecified atom stereocenters. The molecule has 2 aromatic heterocycles. The van der Waals surface area contributed by atoms with Crippen LogP contribution in [0.4, 0.5) is 17.6 Å². The lowest BCUT2D eigenvalue weighted by Gasteiger charge is -2.10. The van der Waals surface area contributed by atoms with Crippen molar-refractivity contribution < 1.29 is 14.0 Å². The summed E-state index contributed by atoms with van der Waals surface area (Å²) in [5, 5.41) is 17.9. The molecule has 3 rings (SSSR count). The maximum atomic E-state index is 5.29. The predicted octanol–water partition coefficient (Wildman–Crippen LogP) is 2.54. The van der Waals surface area contributed by atoms with Crippen LogP contribution in [0.3, 0.4) is 0 Å². The molecule has 0 aliphatic rings. The Morgan fingerprint density at radius 2 is 1.92 bits per heavy atom. The standard InChI is InChI=1S/C16H18N6O3/c1-10-6-14(22-25-10)19-15-9-18-21-16(20-15)17-8-11-4-5-12(23-2)13(7-11)24-3/h4-7,9H,8H2,1-3H3,(H2,17,19,20,21,22). The van der Waals surface area contributed by atoms with Crippen LogP contribution in [-0.4, -0.2) is 34.6 Å². The minimum Gasteiger partial charge on any atom is -0.493 e. The van der Waals surface area contributed by atoms with Crippen LogP contribution in [0.1, 0.15) is 11.3 Å². The summed E-state index contributed by atoms with van der Waals surface area (Å²) in [7, 11) is 3.20. The summed E-state index contributed by atoms with van der Waals surface area (Å²) in [6, 6.07) is 7.43. The third kappa shape index (κ3) is 4.14. The molecule has 0 radical (unpaired) electrons. The molecule has 0 aliphatic carbocycles. The topological polar surface area (TPSA) is 107 Å². The number of hydrogen-bond acceptors (Lipinski definition) is 9. The third-order valence-electron chi connectivity index (χ3n) is 3.34. The van der Waals surface area contributed by atoms with Gasteiger partial charge in [0.15, 0.2) is 23.1 Å². The number of aryl methyl sites for hydroxylation is 1. The molecule has 9 nitrogen and oxygen atoms in total. The first kappa shape index (κ1) is 16.5. The number of rotatable bonds is 7. The van der Waals surface area contributed by atoms with Gasteiger partial charge in [0.2, 0.25) is 5.95 Å². The fourth-order valence-corrected chi connectivity index (χ4v) is 2.17. The number of anilines is 3. The number of nitrogens with zero attached hydrogens (tertiary/aromatic N) is 4. The Hall–Kier alpha value is -3.36. The monoisotopic (exact) mass is 342 g/mol. The highest BCUT2D eigenvalue weighted by Crippen LogP contribution is 2.27. The molecule has 0 atom stereocenters. The second kappa shape index (κ2) is 7.47. The van der Waals surface area contributed by atoms with Crippen molar-refractivity contribution in [3.8, 4) is 11.5 Å². The van der Waals surface area contributed by atoms with E-state index in [2.05, 4.69) is 31.0 Å². The number of aromatic nitrogens is 4. The van der Waals surface area contributed by atoms with E-state index in [0.29, 0.717) is 41.4 Å². The van der Waals surface area contributed by atoms with E-state index < -0.39 is 0 Å². The molecule has 0 saturated carbocycles.